The highest BCUT2D eigenvalue weighted by atomic mass is 79.9. The van der Waals surface area contributed by atoms with Crippen LogP contribution in [0.2, 0.25) is 0 Å². The molecule has 1 heterocycles. The summed E-state index contributed by atoms with van der Waals surface area (Å²) < 4.78 is 2.62. The smallest absolute Gasteiger partial charge is 0.261 e. The third-order valence-electron chi connectivity index (χ3n) is 3.03. The average molecular weight is 315 g/mol. The van der Waals surface area contributed by atoms with E-state index in [0.717, 1.165) is 15.6 Å². The Labute approximate surface area is 118 Å². The lowest BCUT2D eigenvalue weighted by atomic mass is 10.2. The molecule has 0 bridgehead atoms. The molecule has 19 heavy (non-hydrogen) atoms. The van der Waals surface area contributed by atoms with Crippen LogP contribution in [0.15, 0.2) is 64.1 Å². The molecule has 0 fully saturated rings. The fraction of sp³-hybridized carbons (Fsp3) is 0.0667. The number of halogens is 1. The Morgan fingerprint density at radius 1 is 1.05 bits per heavy atom. The molecule has 1 aromatic heterocycles. The van der Waals surface area contributed by atoms with Crippen molar-refractivity contribution in [3.8, 4) is 0 Å². The predicted octanol–water partition coefficient (Wildman–Crippen LogP) is 3.21. The van der Waals surface area contributed by atoms with Crippen molar-refractivity contribution in [2.75, 3.05) is 0 Å². The number of rotatable bonds is 2. The van der Waals surface area contributed by atoms with Gasteiger partial charge in [-0.3, -0.25) is 9.36 Å². The van der Waals surface area contributed by atoms with Gasteiger partial charge in [-0.05, 0) is 23.8 Å². The number of nitrogens with zero attached hydrogens (tertiary/aromatic N) is 2. The fourth-order valence-corrected chi connectivity index (χ4v) is 2.44. The lowest BCUT2D eigenvalue weighted by Crippen LogP contribution is -2.21. The van der Waals surface area contributed by atoms with Crippen LogP contribution in [0.25, 0.3) is 10.9 Å². The molecule has 0 radical (unpaired) electrons. The summed E-state index contributed by atoms with van der Waals surface area (Å²) in [6.45, 7) is 0.512. The molecule has 3 nitrogen and oxygen atoms in total. The van der Waals surface area contributed by atoms with Gasteiger partial charge in [0.15, 0.2) is 0 Å². The molecule has 0 saturated heterocycles. The maximum atomic E-state index is 12.4. The Balaban J connectivity index is 2.10. The monoisotopic (exact) mass is 314 g/mol. The lowest BCUT2D eigenvalue weighted by Gasteiger charge is -2.08. The van der Waals surface area contributed by atoms with Gasteiger partial charge in [-0.1, -0.05) is 46.3 Å². The van der Waals surface area contributed by atoms with Gasteiger partial charge in [-0.25, -0.2) is 4.98 Å². The van der Waals surface area contributed by atoms with Crippen molar-refractivity contribution in [1.82, 2.24) is 9.55 Å². The summed E-state index contributed by atoms with van der Waals surface area (Å²) in [5.41, 5.74) is 1.78. The van der Waals surface area contributed by atoms with Gasteiger partial charge < -0.3 is 0 Å². The van der Waals surface area contributed by atoms with Gasteiger partial charge in [0, 0.05) is 4.47 Å². The molecule has 0 aliphatic carbocycles. The van der Waals surface area contributed by atoms with E-state index in [-0.39, 0.29) is 5.56 Å². The highest BCUT2D eigenvalue weighted by molar-refractivity contribution is 9.10. The van der Waals surface area contributed by atoms with E-state index in [1.54, 1.807) is 17.0 Å². The molecule has 3 rings (SSSR count). The first kappa shape index (κ1) is 12.1. The standard InChI is InChI=1S/C15H11BrN2O/c16-13-7-3-1-5-11(13)9-18-10-17-14-8-4-2-6-12(14)15(18)19/h1-8,10H,9H2. The molecule has 0 spiro atoms. The minimum absolute atomic E-state index is 0.0126. The average Bonchev–Trinajstić information content (AvgIpc) is 2.44. The second-order valence-electron chi connectivity index (χ2n) is 4.29. The summed E-state index contributed by atoms with van der Waals surface area (Å²) in [4.78, 5) is 16.7. The third-order valence-corrected chi connectivity index (χ3v) is 3.80. The number of aromatic nitrogens is 2. The van der Waals surface area contributed by atoms with E-state index >= 15 is 0 Å². The second kappa shape index (κ2) is 4.97. The zero-order valence-corrected chi connectivity index (χ0v) is 11.7. The van der Waals surface area contributed by atoms with Crippen molar-refractivity contribution in [3.05, 3.63) is 75.2 Å². The van der Waals surface area contributed by atoms with Crippen LogP contribution in [0, 0.1) is 0 Å². The molecule has 0 unspecified atom stereocenters. The number of para-hydroxylation sites is 1. The number of hydrogen-bond acceptors (Lipinski definition) is 2. The molecule has 0 atom stereocenters. The highest BCUT2D eigenvalue weighted by Gasteiger charge is 2.05. The Morgan fingerprint density at radius 2 is 1.79 bits per heavy atom. The van der Waals surface area contributed by atoms with Crippen LogP contribution >= 0.6 is 15.9 Å². The molecular weight excluding hydrogens is 304 g/mol. The van der Waals surface area contributed by atoms with Gasteiger partial charge in [-0.15, -0.1) is 0 Å². The molecule has 0 amide bonds. The third kappa shape index (κ3) is 2.31. The SMILES string of the molecule is O=c1c2ccccc2ncn1Cc1ccccc1Br. The van der Waals surface area contributed by atoms with Crippen LogP contribution in [0.4, 0.5) is 0 Å². The quantitative estimate of drug-likeness (QED) is 0.728. The van der Waals surface area contributed by atoms with Crippen LogP contribution < -0.4 is 5.56 Å². The van der Waals surface area contributed by atoms with Gasteiger partial charge in [0.05, 0.1) is 23.8 Å². The second-order valence-corrected chi connectivity index (χ2v) is 5.14. The Kier molecular flexibility index (Phi) is 3.17. The topological polar surface area (TPSA) is 34.9 Å². The molecule has 0 aliphatic rings. The number of hydrogen-bond donors (Lipinski definition) is 0. The maximum Gasteiger partial charge on any atom is 0.261 e. The number of fused-ring (bicyclic) bond motifs is 1. The summed E-state index contributed by atoms with van der Waals surface area (Å²) in [5.74, 6) is 0. The van der Waals surface area contributed by atoms with E-state index in [4.69, 9.17) is 0 Å². The Bertz CT molecular complexity index is 795. The van der Waals surface area contributed by atoms with Crippen molar-refractivity contribution >= 4 is 26.8 Å². The normalized spacial score (nSPS) is 10.8. The molecule has 4 heteroatoms. The van der Waals surface area contributed by atoms with E-state index in [1.807, 2.05) is 42.5 Å². The highest BCUT2D eigenvalue weighted by Crippen LogP contribution is 2.16. The molecule has 94 valence electrons. The molecule has 0 aliphatic heterocycles. The van der Waals surface area contributed by atoms with Gasteiger partial charge in [-0.2, -0.15) is 0 Å². The maximum absolute atomic E-state index is 12.4. The molecular formula is C15H11BrN2O. The van der Waals surface area contributed by atoms with Crippen molar-refractivity contribution in [3.63, 3.8) is 0 Å². The number of benzene rings is 2. The van der Waals surface area contributed by atoms with Crippen LogP contribution in [0.1, 0.15) is 5.56 Å². The summed E-state index contributed by atoms with van der Waals surface area (Å²) in [5, 5.41) is 0.650. The molecule has 0 N–H and O–H groups in total. The van der Waals surface area contributed by atoms with E-state index < -0.39 is 0 Å². The largest absolute Gasteiger partial charge is 0.294 e. The first-order chi connectivity index (χ1) is 9.25. The van der Waals surface area contributed by atoms with Gasteiger partial charge in [0.1, 0.15) is 0 Å². The van der Waals surface area contributed by atoms with E-state index in [9.17, 15) is 4.79 Å². The summed E-state index contributed by atoms with van der Waals surface area (Å²) >= 11 is 3.49. The van der Waals surface area contributed by atoms with Crippen molar-refractivity contribution < 1.29 is 0 Å². The Morgan fingerprint density at radius 3 is 2.63 bits per heavy atom. The first-order valence-electron chi connectivity index (χ1n) is 5.93. The van der Waals surface area contributed by atoms with Gasteiger partial charge in [0.2, 0.25) is 0 Å². The van der Waals surface area contributed by atoms with Crippen molar-refractivity contribution in [1.29, 1.82) is 0 Å². The molecule has 2 aromatic carbocycles. The van der Waals surface area contributed by atoms with E-state index in [2.05, 4.69) is 20.9 Å². The van der Waals surface area contributed by atoms with Crippen LogP contribution in [0.3, 0.4) is 0 Å². The predicted molar refractivity (Wildman–Crippen MR) is 79.2 cm³/mol. The van der Waals surface area contributed by atoms with Crippen molar-refractivity contribution in [2.45, 2.75) is 6.54 Å². The van der Waals surface area contributed by atoms with Crippen LogP contribution in [-0.2, 0) is 6.54 Å². The van der Waals surface area contributed by atoms with Gasteiger partial charge >= 0.3 is 0 Å². The summed E-state index contributed by atoms with van der Waals surface area (Å²) in [6.07, 6.45) is 1.60. The fourth-order valence-electron chi connectivity index (χ4n) is 2.03. The van der Waals surface area contributed by atoms with Crippen LogP contribution in [-0.4, -0.2) is 9.55 Å². The van der Waals surface area contributed by atoms with Crippen LogP contribution in [0.5, 0.6) is 0 Å². The lowest BCUT2D eigenvalue weighted by molar-refractivity contribution is 0.746. The minimum atomic E-state index is -0.0126. The first-order valence-corrected chi connectivity index (χ1v) is 6.72. The Hall–Kier alpha value is -1.94. The van der Waals surface area contributed by atoms with Gasteiger partial charge in [0.25, 0.3) is 5.56 Å². The van der Waals surface area contributed by atoms with E-state index in [0.29, 0.717) is 11.9 Å². The molecule has 3 aromatic rings. The zero-order chi connectivity index (χ0) is 13.2. The molecule has 0 saturated carbocycles. The summed E-state index contributed by atoms with van der Waals surface area (Å²) in [7, 11) is 0. The summed E-state index contributed by atoms with van der Waals surface area (Å²) in [6, 6.07) is 15.3. The van der Waals surface area contributed by atoms with E-state index in [1.165, 1.54) is 0 Å². The van der Waals surface area contributed by atoms with Crippen molar-refractivity contribution in [2.24, 2.45) is 0 Å². The minimum Gasteiger partial charge on any atom is -0.294 e. The zero-order valence-electron chi connectivity index (χ0n) is 10.1.